The fraction of sp³-hybridized carbons (Fsp3) is 0.318. The fourth-order valence-electron chi connectivity index (χ4n) is 3.83. The van der Waals surface area contributed by atoms with Crippen molar-refractivity contribution in [1.82, 2.24) is 24.2 Å². The minimum atomic E-state index is -0.713. The number of benzene rings is 1. The third-order valence-electron chi connectivity index (χ3n) is 5.53. The largest absolute Gasteiger partial charge is 0.497 e. The highest BCUT2D eigenvalue weighted by Gasteiger charge is 2.32. The van der Waals surface area contributed by atoms with Gasteiger partial charge in [-0.3, -0.25) is 19.1 Å². The molecule has 0 radical (unpaired) electrons. The van der Waals surface area contributed by atoms with Gasteiger partial charge in [-0.05, 0) is 55.2 Å². The smallest absolute Gasteiger partial charge is 0.351 e. The third kappa shape index (κ3) is 3.86. The minimum absolute atomic E-state index is 0.192. The van der Waals surface area contributed by atoms with Crippen molar-refractivity contribution in [3.63, 3.8) is 0 Å². The summed E-state index contributed by atoms with van der Waals surface area (Å²) in [6.07, 6.45) is 6.00. The van der Waals surface area contributed by atoms with E-state index in [0.717, 1.165) is 34.1 Å². The van der Waals surface area contributed by atoms with E-state index in [0.29, 0.717) is 18.0 Å². The van der Waals surface area contributed by atoms with Gasteiger partial charge in [0.15, 0.2) is 0 Å². The normalized spacial score (nSPS) is 16.2. The summed E-state index contributed by atoms with van der Waals surface area (Å²) in [7, 11) is 2.89. The van der Waals surface area contributed by atoms with Crippen LogP contribution in [0.1, 0.15) is 41.4 Å². The number of ether oxygens (including phenoxy) is 1. The van der Waals surface area contributed by atoms with E-state index in [1.54, 1.807) is 48.7 Å². The lowest BCUT2D eigenvalue weighted by atomic mass is 9.96. The number of hydrogen-bond acceptors (Lipinski definition) is 6. The van der Waals surface area contributed by atoms with Gasteiger partial charge in [-0.2, -0.15) is 9.78 Å². The van der Waals surface area contributed by atoms with Crippen LogP contribution < -0.4 is 16.0 Å². The first kappa shape index (κ1) is 20.5. The van der Waals surface area contributed by atoms with Gasteiger partial charge in [0, 0.05) is 26.0 Å². The highest BCUT2D eigenvalue weighted by molar-refractivity contribution is 5.92. The van der Waals surface area contributed by atoms with Crippen LogP contribution in [0.15, 0.2) is 58.4 Å². The summed E-state index contributed by atoms with van der Waals surface area (Å²) in [5.41, 5.74) is -0.285. The number of amides is 1. The molecule has 1 aromatic carbocycles. The van der Waals surface area contributed by atoms with E-state index in [4.69, 9.17) is 4.74 Å². The molecule has 1 atom stereocenters. The molecule has 2 aromatic heterocycles. The van der Waals surface area contributed by atoms with E-state index < -0.39 is 17.2 Å². The van der Waals surface area contributed by atoms with Gasteiger partial charge in [-0.25, -0.2) is 4.79 Å². The molecule has 0 unspecified atom stereocenters. The molecule has 1 saturated heterocycles. The number of carbonyl (C=O) groups is 1. The second-order valence-electron chi connectivity index (χ2n) is 7.40. The number of piperidine rings is 1. The number of hydrogen-bond donors (Lipinski definition) is 0. The molecule has 0 spiro atoms. The quantitative estimate of drug-likeness (QED) is 0.636. The number of methoxy groups -OCH3 is 1. The average Bonchev–Trinajstić information content (AvgIpc) is 2.83. The van der Waals surface area contributed by atoms with Crippen molar-refractivity contribution in [3.8, 4) is 11.4 Å². The Morgan fingerprint density at radius 3 is 2.58 bits per heavy atom. The van der Waals surface area contributed by atoms with E-state index in [1.165, 1.54) is 7.05 Å². The molecule has 0 aliphatic carbocycles. The maximum absolute atomic E-state index is 13.4. The van der Waals surface area contributed by atoms with Crippen LogP contribution in [-0.2, 0) is 7.05 Å². The van der Waals surface area contributed by atoms with E-state index in [1.807, 2.05) is 12.1 Å². The van der Waals surface area contributed by atoms with Crippen molar-refractivity contribution >= 4 is 5.91 Å². The number of pyridine rings is 1. The highest BCUT2D eigenvalue weighted by atomic mass is 16.5. The van der Waals surface area contributed by atoms with Crippen LogP contribution in [0.3, 0.4) is 0 Å². The van der Waals surface area contributed by atoms with Gasteiger partial charge < -0.3 is 9.64 Å². The molecule has 3 aromatic rings. The average molecular weight is 421 g/mol. The van der Waals surface area contributed by atoms with Crippen molar-refractivity contribution in [2.75, 3.05) is 13.7 Å². The lowest BCUT2D eigenvalue weighted by Gasteiger charge is -2.35. The van der Waals surface area contributed by atoms with E-state index in [2.05, 4.69) is 10.1 Å². The first-order valence-electron chi connectivity index (χ1n) is 10.1. The summed E-state index contributed by atoms with van der Waals surface area (Å²) in [6, 6.07) is 10.2. The lowest BCUT2D eigenvalue weighted by molar-refractivity contribution is 0.0599. The highest BCUT2D eigenvalue weighted by Crippen LogP contribution is 2.31. The van der Waals surface area contributed by atoms with Crippen LogP contribution in [-0.4, -0.2) is 43.8 Å². The summed E-state index contributed by atoms with van der Waals surface area (Å²) in [5, 5.41) is 4.18. The summed E-state index contributed by atoms with van der Waals surface area (Å²) >= 11 is 0. The van der Waals surface area contributed by atoms with Crippen molar-refractivity contribution in [3.05, 3.63) is 80.9 Å². The van der Waals surface area contributed by atoms with Gasteiger partial charge in [-0.15, -0.1) is 0 Å². The molecule has 3 heterocycles. The first-order chi connectivity index (χ1) is 15.0. The summed E-state index contributed by atoms with van der Waals surface area (Å²) in [5.74, 6) is 0.127. The first-order valence-corrected chi connectivity index (χ1v) is 10.1. The van der Waals surface area contributed by atoms with Crippen molar-refractivity contribution in [2.24, 2.45) is 7.05 Å². The maximum atomic E-state index is 13.4. The van der Waals surface area contributed by atoms with Gasteiger partial charge in [0.2, 0.25) is 5.69 Å². The van der Waals surface area contributed by atoms with Gasteiger partial charge >= 0.3 is 5.69 Å². The van der Waals surface area contributed by atoms with Gasteiger partial charge in [0.1, 0.15) is 5.75 Å². The number of likely N-dealkylation sites (tertiary alicyclic amines) is 1. The molecule has 1 aliphatic rings. The van der Waals surface area contributed by atoms with E-state index in [9.17, 15) is 14.4 Å². The molecule has 1 aliphatic heterocycles. The Hall–Kier alpha value is -3.75. The van der Waals surface area contributed by atoms with Crippen molar-refractivity contribution < 1.29 is 9.53 Å². The Morgan fingerprint density at radius 2 is 1.90 bits per heavy atom. The van der Waals surface area contributed by atoms with Crippen LogP contribution in [0, 0.1) is 0 Å². The van der Waals surface area contributed by atoms with Crippen LogP contribution >= 0.6 is 0 Å². The van der Waals surface area contributed by atoms with Crippen LogP contribution in [0.5, 0.6) is 5.75 Å². The van der Waals surface area contributed by atoms with Crippen LogP contribution in [0.25, 0.3) is 5.69 Å². The predicted molar refractivity (Wildman–Crippen MR) is 113 cm³/mol. The zero-order valence-electron chi connectivity index (χ0n) is 17.4. The summed E-state index contributed by atoms with van der Waals surface area (Å²) in [6.45, 7) is 0.505. The Morgan fingerprint density at radius 1 is 1.13 bits per heavy atom. The topological polar surface area (TPSA) is 99.3 Å². The SMILES string of the molecule is COc1ccc(-n2nc(C(=O)N3CCCC[C@H]3c3cccnc3)c(=O)n(C)c2=O)cc1. The molecule has 31 heavy (non-hydrogen) atoms. The molecule has 0 bridgehead atoms. The van der Waals surface area contributed by atoms with Gasteiger partial charge in [-0.1, -0.05) is 6.07 Å². The molecule has 9 nitrogen and oxygen atoms in total. The lowest BCUT2D eigenvalue weighted by Crippen LogP contribution is -2.47. The zero-order chi connectivity index (χ0) is 22.0. The number of nitrogens with zero attached hydrogens (tertiary/aromatic N) is 5. The second-order valence-corrected chi connectivity index (χ2v) is 7.40. The third-order valence-corrected chi connectivity index (χ3v) is 5.53. The summed E-state index contributed by atoms with van der Waals surface area (Å²) < 4.78 is 7.12. The monoisotopic (exact) mass is 421 g/mol. The van der Waals surface area contributed by atoms with Crippen molar-refractivity contribution in [1.29, 1.82) is 0 Å². The Bertz CT molecular complexity index is 1200. The second kappa shape index (κ2) is 8.55. The molecule has 0 N–H and O–H groups in total. The van der Waals surface area contributed by atoms with Crippen LogP contribution in [0.4, 0.5) is 0 Å². The maximum Gasteiger partial charge on any atom is 0.351 e. The zero-order valence-corrected chi connectivity index (χ0v) is 17.4. The van der Waals surface area contributed by atoms with Gasteiger partial charge in [0.25, 0.3) is 11.5 Å². The number of rotatable bonds is 4. The van der Waals surface area contributed by atoms with E-state index >= 15 is 0 Å². The Kier molecular flexibility index (Phi) is 5.66. The standard InChI is InChI=1S/C22H23N5O4/c1-25-20(28)19(24-27(22(25)30)16-8-10-17(31-2)11-9-16)21(29)26-13-4-3-7-18(26)15-6-5-12-23-14-15/h5-6,8-12,14,18H,3-4,7,13H2,1-2H3/t18-/m0/s1. The van der Waals surface area contributed by atoms with Crippen LogP contribution in [0.2, 0.25) is 0 Å². The molecule has 160 valence electrons. The predicted octanol–water partition coefficient (Wildman–Crippen LogP) is 1.70. The number of carbonyl (C=O) groups excluding carboxylic acids is 1. The molecular formula is C22H23N5O4. The Labute approximate surface area is 178 Å². The summed E-state index contributed by atoms with van der Waals surface area (Å²) in [4.78, 5) is 44.8. The fourth-order valence-corrected chi connectivity index (χ4v) is 3.83. The van der Waals surface area contributed by atoms with E-state index in [-0.39, 0.29) is 11.7 Å². The molecule has 9 heteroatoms. The molecule has 1 amide bonds. The molecular weight excluding hydrogens is 398 g/mol. The molecule has 1 fully saturated rings. The van der Waals surface area contributed by atoms with Gasteiger partial charge in [0.05, 0.1) is 18.8 Å². The number of aromatic nitrogens is 4. The van der Waals surface area contributed by atoms with Crippen molar-refractivity contribution in [2.45, 2.75) is 25.3 Å². The molecule has 4 rings (SSSR count). The Balaban J connectivity index is 1.77. The minimum Gasteiger partial charge on any atom is -0.497 e. The molecule has 0 saturated carbocycles.